The topological polar surface area (TPSA) is 31.4 Å². The molecule has 0 unspecified atom stereocenters. The first-order chi connectivity index (χ1) is 13.2. The Bertz CT molecular complexity index is 987. The summed E-state index contributed by atoms with van der Waals surface area (Å²) in [7, 11) is 3.35. The highest BCUT2D eigenvalue weighted by Crippen LogP contribution is 2.23. The number of nitrogens with zero attached hydrogens (tertiary/aromatic N) is 1. The van der Waals surface area contributed by atoms with Crippen LogP contribution in [0, 0.1) is 6.92 Å². The van der Waals surface area contributed by atoms with Crippen LogP contribution in [0.1, 0.15) is 5.56 Å². The highest BCUT2D eigenvalue weighted by molar-refractivity contribution is 5.84. The van der Waals surface area contributed by atoms with Gasteiger partial charge in [-0.25, -0.2) is 0 Å². The molecular weight excluding hydrogens is 334 g/mol. The average Bonchev–Trinajstić information content (AvgIpc) is 2.74. The SMILES string of the molecule is COc1ccc(-c2ccc(C)cc2)cc1.COc1ccnc2ccccc12. The second kappa shape index (κ2) is 8.86. The Morgan fingerprint density at radius 1 is 0.667 bits per heavy atom. The van der Waals surface area contributed by atoms with Crippen molar-refractivity contribution in [2.24, 2.45) is 0 Å². The van der Waals surface area contributed by atoms with Crippen molar-refractivity contribution < 1.29 is 9.47 Å². The molecule has 0 aliphatic rings. The summed E-state index contributed by atoms with van der Waals surface area (Å²) >= 11 is 0. The molecule has 0 atom stereocenters. The lowest BCUT2D eigenvalue weighted by molar-refractivity contribution is 0.415. The average molecular weight is 357 g/mol. The Hall–Kier alpha value is -3.33. The lowest BCUT2D eigenvalue weighted by Gasteiger charge is -2.03. The molecule has 3 nitrogen and oxygen atoms in total. The standard InChI is InChI=1S/C14H14O.C10H9NO/c1-11-3-5-12(6-4-11)13-7-9-14(15-2)10-8-13;1-12-10-6-7-11-9-5-3-2-4-8(9)10/h3-10H,1-2H3;2-7H,1H3. The molecule has 27 heavy (non-hydrogen) atoms. The molecule has 0 aliphatic heterocycles. The number of hydrogen-bond acceptors (Lipinski definition) is 3. The van der Waals surface area contributed by atoms with E-state index in [0.29, 0.717) is 0 Å². The lowest BCUT2D eigenvalue weighted by atomic mass is 10.0. The van der Waals surface area contributed by atoms with Gasteiger partial charge in [0, 0.05) is 11.6 Å². The normalized spacial score (nSPS) is 10.0. The van der Waals surface area contributed by atoms with E-state index in [1.807, 2.05) is 42.5 Å². The minimum atomic E-state index is 0.876. The van der Waals surface area contributed by atoms with Gasteiger partial charge in [0.2, 0.25) is 0 Å². The highest BCUT2D eigenvalue weighted by atomic mass is 16.5. The van der Waals surface area contributed by atoms with Gasteiger partial charge in [-0.15, -0.1) is 0 Å². The van der Waals surface area contributed by atoms with Crippen molar-refractivity contribution in [3.8, 4) is 22.6 Å². The van der Waals surface area contributed by atoms with Crippen LogP contribution in [0.25, 0.3) is 22.0 Å². The van der Waals surface area contributed by atoms with E-state index < -0.39 is 0 Å². The molecule has 0 aliphatic carbocycles. The molecule has 0 saturated heterocycles. The Labute approximate surface area is 160 Å². The zero-order valence-corrected chi connectivity index (χ0v) is 15.8. The number of fused-ring (bicyclic) bond motifs is 1. The quantitative estimate of drug-likeness (QED) is 0.456. The van der Waals surface area contributed by atoms with Crippen LogP contribution in [0.5, 0.6) is 11.5 Å². The van der Waals surface area contributed by atoms with E-state index in [-0.39, 0.29) is 0 Å². The van der Waals surface area contributed by atoms with Gasteiger partial charge in [-0.2, -0.15) is 0 Å². The number of aryl methyl sites for hydroxylation is 1. The molecule has 1 heterocycles. The fraction of sp³-hybridized carbons (Fsp3) is 0.125. The van der Waals surface area contributed by atoms with Crippen molar-refractivity contribution in [2.45, 2.75) is 6.92 Å². The zero-order chi connectivity index (χ0) is 19.1. The molecule has 4 rings (SSSR count). The Morgan fingerprint density at radius 3 is 1.93 bits per heavy atom. The summed E-state index contributed by atoms with van der Waals surface area (Å²) in [6.45, 7) is 2.10. The van der Waals surface area contributed by atoms with E-state index in [9.17, 15) is 0 Å². The van der Waals surface area contributed by atoms with E-state index >= 15 is 0 Å². The molecule has 136 valence electrons. The second-order valence-electron chi connectivity index (χ2n) is 6.12. The van der Waals surface area contributed by atoms with Crippen molar-refractivity contribution in [1.82, 2.24) is 4.98 Å². The summed E-state index contributed by atoms with van der Waals surface area (Å²) in [5.41, 5.74) is 4.71. The molecule has 4 aromatic rings. The van der Waals surface area contributed by atoms with Crippen LogP contribution in [0.3, 0.4) is 0 Å². The van der Waals surface area contributed by atoms with E-state index in [2.05, 4.69) is 48.3 Å². The molecule has 0 radical (unpaired) electrons. The fourth-order valence-corrected chi connectivity index (χ4v) is 2.78. The van der Waals surface area contributed by atoms with E-state index in [0.717, 1.165) is 22.4 Å². The number of para-hydroxylation sites is 1. The first-order valence-corrected chi connectivity index (χ1v) is 8.80. The second-order valence-corrected chi connectivity index (χ2v) is 6.12. The zero-order valence-electron chi connectivity index (χ0n) is 15.8. The molecule has 0 N–H and O–H groups in total. The molecule has 0 amide bonds. The first-order valence-electron chi connectivity index (χ1n) is 8.80. The fourth-order valence-electron chi connectivity index (χ4n) is 2.78. The van der Waals surface area contributed by atoms with Gasteiger partial charge >= 0.3 is 0 Å². The third kappa shape index (κ3) is 4.64. The predicted molar refractivity (Wildman–Crippen MR) is 111 cm³/mol. The highest BCUT2D eigenvalue weighted by Gasteiger charge is 1.99. The number of rotatable bonds is 3. The van der Waals surface area contributed by atoms with Crippen LogP contribution < -0.4 is 9.47 Å². The summed E-state index contributed by atoms with van der Waals surface area (Å²) in [4.78, 5) is 4.21. The molecule has 0 bridgehead atoms. The maximum atomic E-state index is 5.19. The van der Waals surface area contributed by atoms with Crippen molar-refractivity contribution in [1.29, 1.82) is 0 Å². The number of hydrogen-bond donors (Lipinski definition) is 0. The minimum Gasteiger partial charge on any atom is -0.497 e. The van der Waals surface area contributed by atoms with Gasteiger partial charge in [-0.3, -0.25) is 4.98 Å². The molecule has 3 aromatic carbocycles. The number of pyridine rings is 1. The monoisotopic (exact) mass is 357 g/mol. The third-order valence-corrected chi connectivity index (χ3v) is 4.30. The minimum absolute atomic E-state index is 0.876. The van der Waals surface area contributed by atoms with Crippen LogP contribution >= 0.6 is 0 Å². The largest absolute Gasteiger partial charge is 0.497 e. The van der Waals surface area contributed by atoms with Gasteiger partial charge in [0.15, 0.2) is 0 Å². The smallest absolute Gasteiger partial charge is 0.129 e. The van der Waals surface area contributed by atoms with E-state index in [1.54, 1.807) is 20.4 Å². The van der Waals surface area contributed by atoms with Crippen LogP contribution in [-0.2, 0) is 0 Å². The van der Waals surface area contributed by atoms with Crippen molar-refractivity contribution >= 4 is 10.9 Å². The predicted octanol–water partition coefficient (Wildman–Crippen LogP) is 5.91. The summed E-state index contributed by atoms with van der Waals surface area (Å²) in [6.07, 6.45) is 1.75. The molecule has 0 saturated carbocycles. The maximum Gasteiger partial charge on any atom is 0.129 e. The van der Waals surface area contributed by atoms with E-state index in [4.69, 9.17) is 9.47 Å². The van der Waals surface area contributed by atoms with Crippen LogP contribution in [0.15, 0.2) is 85.1 Å². The van der Waals surface area contributed by atoms with Crippen molar-refractivity contribution in [3.63, 3.8) is 0 Å². The molecule has 0 fully saturated rings. The number of methoxy groups -OCH3 is 2. The number of ether oxygens (including phenoxy) is 2. The number of benzene rings is 3. The van der Waals surface area contributed by atoms with E-state index in [1.165, 1.54) is 16.7 Å². The Morgan fingerprint density at radius 2 is 1.30 bits per heavy atom. The Balaban J connectivity index is 0.000000159. The van der Waals surface area contributed by atoms with Crippen LogP contribution in [-0.4, -0.2) is 19.2 Å². The summed E-state index contributed by atoms with van der Waals surface area (Å²) in [6, 6.07) is 26.4. The lowest BCUT2D eigenvalue weighted by Crippen LogP contribution is -1.85. The van der Waals surface area contributed by atoms with Crippen molar-refractivity contribution in [2.75, 3.05) is 14.2 Å². The first kappa shape index (κ1) is 18.5. The molecular formula is C24H23NO2. The summed E-state index contributed by atoms with van der Waals surface area (Å²) in [5.74, 6) is 1.77. The third-order valence-electron chi connectivity index (χ3n) is 4.30. The summed E-state index contributed by atoms with van der Waals surface area (Å²) < 4.78 is 10.3. The van der Waals surface area contributed by atoms with Gasteiger partial charge in [-0.05, 0) is 48.4 Å². The molecule has 3 heteroatoms. The van der Waals surface area contributed by atoms with Gasteiger partial charge in [0.1, 0.15) is 11.5 Å². The van der Waals surface area contributed by atoms with Crippen molar-refractivity contribution in [3.05, 3.63) is 90.6 Å². The van der Waals surface area contributed by atoms with Crippen LogP contribution in [0.2, 0.25) is 0 Å². The van der Waals surface area contributed by atoms with Gasteiger partial charge in [-0.1, -0.05) is 54.1 Å². The van der Waals surface area contributed by atoms with Crippen LogP contribution in [0.4, 0.5) is 0 Å². The Kier molecular flexibility index (Phi) is 6.06. The number of aromatic nitrogens is 1. The summed E-state index contributed by atoms with van der Waals surface area (Å²) in [5, 5.41) is 1.06. The van der Waals surface area contributed by atoms with Gasteiger partial charge in [0.25, 0.3) is 0 Å². The van der Waals surface area contributed by atoms with Gasteiger partial charge < -0.3 is 9.47 Å². The van der Waals surface area contributed by atoms with Gasteiger partial charge in [0.05, 0.1) is 19.7 Å². The molecule has 0 spiro atoms. The molecule has 1 aromatic heterocycles. The maximum absolute atomic E-state index is 5.19.